The third kappa shape index (κ3) is 4.57. The molecule has 0 amide bonds. The van der Waals surface area contributed by atoms with Gasteiger partial charge >= 0.3 is 0 Å². The molecule has 31 heavy (non-hydrogen) atoms. The number of aromatic nitrogens is 4. The molecular weight excluding hydrogens is 412 g/mol. The van der Waals surface area contributed by atoms with E-state index < -0.39 is 10.8 Å². The van der Waals surface area contributed by atoms with Crippen molar-refractivity contribution in [3.8, 4) is 5.75 Å². The third-order valence-electron chi connectivity index (χ3n) is 5.71. The molecule has 0 aliphatic carbocycles. The molecule has 3 aromatic rings. The van der Waals surface area contributed by atoms with Crippen LogP contribution >= 0.6 is 0 Å². The van der Waals surface area contributed by atoms with E-state index in [4.69, 9.17) is 9.72 Å². The SMILES string of the molecule is COc1cccc([C@H](C)Nc2nc(S(=O)C3CCNCC3)nc3c(C(C)C)cnn23)c1. The Kier molecular flexibility index (Phi) is 6.52. The average molecular weight is 443 g/mol. The van der Waals surface area contributed by atoms with Crippen LogP contribution in [-0.2, 0) is 10.8 Å². The number of hydrogen-bond acceptors (Lipinski definition) is 7. The van der Waals surface area contributed by atoms with Crippen LogP contribution in [0.2, 0.25) is 0 Å². The smallest absolute Gasteiger partial charge is 0.228 e. The van der Waals surface area contributed by atoms with Crippen LogP contribution in [0.25, 0.3) is 5.65 Å². The van der Waals surface area contributed by atoms with E-state index in [0.29, 0.717) is 16.8 Å². The summed E-state index contributed by atoms with van der Waals surface area (Å²) in [5, 5.41) is 11.7. The first-order valence-electron chi connectivity index (χ1n) is 10.8. The maximum absolute atomic E-state index is 13.3. The first-order valence-corrected chi connectivity index (χ1v) is 12.0. The number of methoxy groups -OCH3 is 1. The lowest BCUT2D eigenvalue weighted by molar-refractivity contribution is 0.414. The van der Waals surface area contributed by atoms with Crippen molar-refractivity contribution < 1.29 is 8.95 Å². The monoisotopic (exact) mass is 442 g/mol. The molecule has 2 atom stereocenters. The van der Waals surface area contributed by atoms with Crippen molar-refractivity contribution in [1.82, 2.24) is 24.9 Å². The molecule has 9 heteroatoms. The fraction of sp³-hybridized carbons (Fsp3) is 0.500. The zero-order valence-corrected chi connectivity index (χ0v) is 19.3. The number of rotatable bonds is 7. The summed E-state index contributed by atoms with van der Waals surface area (Å²) in [5.74, 6) is 1.59. The number of ether oxygens (including phenoxy) is 1. The van der Waals surface area contributed by atoms with Crippen LogP contribution in [0.1, 0.15) is 56.7 Å². The maximum atomic E-state index is 13.3. The van der Waals surface area contributed by atoms with Gasteiger partial charge < -0.3 is 15.4 Å². The summed E-state index contributed by atoms with van der Waals surface area (Å²) in [5.41, 5.74) is 2.79. The molecule has 8 nitrogen and oxygen atoms in total. The molecule has 0 bridgehead atoms. The van der Waals surface area contributed by atoms with Crippen molar-refractivity contribution in [3.05, 3.63) is 41.6 Å². The van der Waals surface area contributed by atoms with Crippen LogP contribution in [0.15, 0.2) is 35.6 Å². The van der Waals surface area contributed by atoms with Gasteiger partial charge in [0.15, 0.2) is 5.65 Å². The summed E-state index contributed by atoms with van der Waals surface area (Å²) < 4.78 is 20.4. The summed E-state index contributed by atoms with van der Waals surface area (Å²) in [6.45, 7) is 8.02. The Labute approximate surface area is 185 Å². The maximum Gasteiger partial charge on any atom is 0.228 e. The van der Waals surface area contributed by atoms with Crippen molar-refractivity contribution in [3.63, 3.8) is 0 Å². The number of nitrogens with one attached hydrogen (secondary N) is 2. The lowest BCUT2D eigenvalue weighted by Gasteiger charge is -2.22. The summed E-state index contributed by atoms with van der Waals surface area (Å²) in [6.07, 6.45) is 3.55. The van der Waals surface area contributed by atoms with Gasteiger partial charge in [-0.05, 0) is 56.5 Å². The van der Waals surface area contributed by atoms with E-state index in [-0.39, 0.29) is 17.2 Å². The molecule has 3 heterocycles. The molecule has 0 radical (unpaired) electrons. The molecule has 1 fully saturated rings. The van der Waals surface area contributed by atoms with Gasteiger partial charge in [0.05, 0.1) is 30.1 Å². The zero-order valence-electron chi connectivity index (χ0n) is 18.5. The standard InChI is InChI=1S/C22H30N6O2S/c1-14(2)19-13-24-28-20(19)26-22(31(29)18-8-10-23-11-9-18)27-21(28)25-15(3)16-6-5-7-17(12-16)30-4/h5-7,12-15,18,23H,8-11H2,1-4H3,(H,25,26,27)/t15-,31?/m0/s1. The Hall–Kier alpha value is -2.52. The van der Waals surface area contributed by atoms with Gasteiger partial charge in [0, 0.05) is 10.8 Å². The van der Waals surface area contributed by atoms with Crippen LogP contribution in [0.3, 0.4) is 0 Å². The molecule has 1 aliphatic heterocycles. The van der Waals surface area contributed by atoms with Gasteiger partial charge in [-0.3, -0.25) is 4.21 Å². The van der Waals surface area contributed by atoms with Crippen molar-refractivity contribution in [1.29, 1.82) is 0 Å². The molecule has 1 aliphatic rings. The van der Waals surface area contributed by atoms with Gasteiger partial charge in [0.2, 0.25) is 11.1 Å². The van der Waals surface area contributed by atoms with E-state index in [2.05, 4.69) is 41.5 Å². The lowest BCUT2D eigenvalue weighted by atomic mass is 10.1. The number of piperidine rings is 1. The van der Waals surface area contributed by atoms with Gasteiger partial charge in [-0.15, -0.1) is 0 Å². The summed E-state index contributed by atoms with van der Waals surface area (Å²) in [7, 11) is 0.388. The molecule has 2 aromatic heterocycles. The number of benzene rings is 1. The van der Waals surface area contributed by atoms with Crippen molar-refractivity contribution in [2.24, 2.45) is 0 Å². The van der Waals surface area contributed by atoms with Crippen LogP contribution in [0, 0.1) is 0 Å². The highest BCUT2D eigenvalue weighted by atomic mass is 32.2. The molecule has 2 N–H and O–H groups in total. The molecular formula is C22H30N6O2S. The quantitative estimate of drug-likeness (QED) is 0.580. The Morgan fingerprint density at radius 3 is 2.71 bits per heavy atom. The highest BCUT2D eigenvalue weighted by Crippen LogP contribution is 2.26. The first-order chi connectivity index (χ1) is 15.0. The second kappa shape index (κ2) is 9.32. The van der Waals surface area contributed by atoms with Gasteiger partial charge in [0.25, 0.3) is 0 Å². The van der Waals surface area contributed by atoms with Crippen LogP contribution in [-0.4, -0.2) is 49.2 Å². The Balaban J connectivity index is 1.73. The van der Waals surface area contributed by atoms with E-state index in [1.165, 1.54) is 0 Å². The fourth-order valence-corrected chi connectivity index (χ4v) is 5.13. The van der Waals surface area contributed by atoms with Crippen LogP contribution in [0.4, 0.5) is 5.95 Å². The average Bonchev–Trinajstić information content (AvgIpc) is 3.24. The summed E-state index contributed by atoms with van der Waals surface area (Å²) >= 11 is 0. The molecule has 166 valence electrons. The zero-order chi connectivity index (χ0) is 22.0. The lowest BCUT2D eigenvalue weighted by Crippen LogP contribution is -2.34. The minimum atomic E-state index is -1.27. The number of nitrogens with zero attached hydrogens (tertiary/aromatic N) is 4. The van der Waals surface area contributed by atoms with E-state index >= 15 is 0 Å². The van der Waals surface area contributed by atoms with Crippen molar-refractivity contribution in [2.45, 2.75) is 56.0 Å². The Bertz CT molecular complexity index is 1080. The topological polar surface area (TPSA) is 93.4 Å². The third-order valence-corrected chi connectivity index (χ3v) is 7.32. The fourth-order valence-electron chi connectivity index (χ4n) is 3.81. The number of fused-ring (bicyclic) bond motifs is 1. The molecule has 1 aromatic carbocycles. The highest BCUT2D eigenvalue weighted by Gasteiger charge is 2.26. The van der Waals surface area contributed by atoms with E-state index in [1.807, 2.05) is 30.5 Å². The Morgan fingerprint density at radius 2 is 2.00 bits per heavy atom. The van der Waals surface area contributed by atoms with Gasteiger partial charge in [0.1, 0.15) is 5.75 Å². The number of anilines is 1. The largest absolute Gasteiger partial charge is 0.497 e. The second-order valence-electron chi connectivity index (χ2n) is 8.21. The van der Waals surface area contributed by atoms with Crippen molar-refractivity contribution >= 4 is 22.4 Å². The van der Waals surface area contributed by atoms with Gasteiger partial charge in [-0.1, -0.05) is 26.0 Å². The van der Waals surface area contributed by atoms with Gasteiger partial charge in [-0.2, -0.15) is 14.6 Å². The summed E-state index contributed by atoms with van der Waals surface area (Å²) in [6, 6.07) is 7.86. The van der Waals surface area contributed by atoms with Gasteiger partial charge in [-0.25, -0.2) is 4.98 Å². The molecule has 1 unspecified atom stereocenters. The van der Waals surface area contributed by atoms with E-state index in [0.717, 1.165) is 42.8 Å². The summed E-state index contributed by atoms with van der Waals surface area (Å²) in [4.78, 5) is 9.39. The predicted molar refractivity (Wildman–Crippen MR) is 122 cm³/mol. The molecule has 0 saturated carbocycles. The normalized spacial score (nSPS) is 17.1. The minimum absolute atomic E-state index is 0.0555. The van der Waals surface area contributed by atoms with E-state index in [1.54, 1.807) is 11.6 Å². The molecule has 4 rings (SSSR count). The number of hydrogen-bond donors (Lipinski definition) is 2. The molecule has 1 saturated heterocycles. The second-order valence-corrected chi connectivity index (χ2v) is 9.84. The van der Waals surface area contributed by atoms with Crippen LogP contribution < -0.4 is 15.4 Å². The van der Waals surface area contributed by atoms with E-state index in [9.17, 15) is 4.21 Å². The Morgan fingerprint density at radius 1 is 1.23 bits per heavy atom. The van der Waals surface area contributed by atoms with Crippen molar-refractivity contribution in [2.75, 3.05) is 25.5 Å². The predicted octanol–water partition coefficient (Wildman–Crippen LogP) is 3.29. The molecule has 0 spiro atoms. The highest BCUT2D eigenvalue weighted by molar-refractivity contribution is 7.85. The minimum Gasteiger partial charge on any atom is -0.497 e. The first kappa shape index (κ1) is 21.7. The van der Waals surface area contributed by atoms with Crippen LogP contribution in [0.5, 0.6) is 5.75 Å².